The number of aryl methyl sites for hydroxylation is 1. The highest BCUT2D eigenvalue weighted by Gasteiger charge is 2.14. The molecule has 0 aliphatic carbocycles. The number of thioether (sulfide) groups is 1. The summed E-state index contributed by atoms with van der Waals surface area (Å²) < 4.78 is 5.08. The van der Waals surface area contributed by atoms with Gasteiger partial charge >= 0.3 is 5.97 Å². The Hall–Kier alpha value is -1.98. The Morgan fingerprint density at radius 3 is 2.65 bits per heavy atom. The minimum absolute atomic E-state index is 0.344. The zero-order valence-corrected chi connectivity index (χ0v) is 14.3. The van der Waals surface area contributed by atoms with Crippen LogP contribution in [0.25, 0.3) is 0 Å². The molecule has 4 nitrogen and oxygen atoms in total. The summed E-state index contributed by atoms with van der Waals surface area (Å²) >= 11 is 7.32. The van der Waals surface area contributed by atoms with E-state index in [0.717, 1.165) is 10.5 Å². The van der Waals surface area contributed by atoms with Crippen LogP contribution < -0.4 is 5.32 Å². The van der Waals surface area contributed by atoms with Crippen molar-refractivity contribution in [1.82, 2.24) is 0 Å². The lowest BCUT2D eigenvalue weighted by Gasteiger charge is -2.10. The fourth-order valence-corrected chi connectivity index (χ4v) is 2.79. The van der Waals surface area contributed by atoms with Gasteiger partial charge in [0.25, 0.3) is 5.91 Å². The minimum Gasteiger partial charge on any atom is -0.452 e. The van der Waals surface area contributed by atoms with Crippen molar-refractivity contribution < 1.29 is 14.3 Å². The third kappa shape index (κ3) is 4.74. The molecule has 1 N–H and O–H groups in total. The molecule has 0 aromatic heterocycles. The summed E-state index contributed by atoms with van der Waals surface area (Å²) in [4.78, 5) is 24.8. The van der Waals surface area contributed by atoms with Gasteiger partial charge in [-0.2, -0.15) is 0 Å². The molecule has 0 spiro atoms. The third-order valence-electron chi connectivity index (χ3n) is 3.12. The van der Waals surface area contributed by atoms with E-state index in [0.29, 0.717) is 16.3 Å². The van der Waals surface area contributed by atoms with E-state index < -0.39 is 11.9 Å². The molecule has 2 aromatic rings. The first-order valence-corrected chi connectivity index (χ1v) is 8.47. The van der Waals surface area contributed by atoms with Crippen LogP contribution in [-0.2, 0) is 9.53 Å². The molecule has 1 amide bonds. The fourth-order valence-electron chi connectivity index (χ4n) is 1.98. The van der Waals surface area contributed by atoms with Crippen molar-refractivity contribution in [3.63, 3.8) is 0 Å². The van der Waals surface area contributed by atoms with Gasteiger partial charge in [-0.1, -0.05) is 23.7 Å². The van der Waals surface area contributed by atoms with Gasteiger partial charge in [-0.25, -0.2) is 4.79 Å². The van der Waals surface area contributed by atoms with Crippen LogP contribution in [0.1, 0.15) is 15.9 Å². The Morgan fingerprint density at radius 1 is 1.22 bits per heavy atom. The van der Waals surface area contributed by atoms with Crippen molar-refractivity contribution in [1.29, 1.82) is 0 Å². The number of nitrogens with one attached hydrogen (secondary N) is 1. The first-order valence-electron chi connectivity index (χ1n) is 6.87. The number of ether oxygens (including phenoxy) is 1. The van der Waals surface area contributed by atoms with Gasteiger partial charge in [0.15, 0.2) is 6.61 Å². The van der Waals surface area contributed by atoms with E-state index in [9.17, 15) is 9.59 Å². The largest absolute Gasteiger partial charge is 0.452 e. The van der Waals surface area contributed by atoms with Crippen LogP contribution >= 0.6 is 23.4 Å². The van der Waals surface area contributed by atoms with Gasteiger partial charge in [-0.05, 0) is 49.1 Å². The molecule has 0 atom stereocenters. The van der Waals surface area contributed by atoms with Crippen molar-refractivity contribution in [3.05, 3.63) is 58.6 Å². The van der Waals surface area contributed by atoms with E-state index in [-0.39, 0.29) is 6.61 Å². The maximum atomic E-state index is 12.1. The quantitative estimate of drug-likeness (QED) is 0.650. The predicted octanol–water partition coefficient (Wildman–Crippen LogP) is 4.17. The molecule has 0 aliphatic heterocycles. The second kappa shape index (κ2) is 8.04. The van der Waals surface area contributed by atoms with Gasteiger partial charge < -0.3 is 10.1 Å². The number of esters is 1. The Kier molecular flexibility index (Phi) is 6.07. The SMILES string of the molecule is CSc1ccccc1C(=O)OCC(=O)Nc1ccc(Cl)cc1C. The van der Waals surface area contributed by atoms with Crippen LogP contribution in [0.2, 0.25) is 5.02 Å². The van der Waals surface area contributed by atoms with Gasteiger partial charge in [0.05, 0.1) is 5.56 Å². The lowest BCUT2D eigenvalue weighted by Crippen LogP contribution is -2.21. The number of hydrogen-bond acceptors (Lipinski definition) is 4. The molecule has 2 aromatic carbocycles. The standard InChI is InChI=1S/C17H16ClNO3S/c1-11-9-12(18)7-8-14(11)19-16(20)10-22-17(21)13-5-3-4-6-15(13)23-2/h3-9H,10H2,1-2H3,(H,19,20). The van der Waals surface area contributed by atoms with E-state index in [1.54, 1.807) is 30.3 Å². The van der Waals surface area contributed by atoms with Crippen molar-refractivity contribution in [2.75, 3.05) is 18.2 Å². The van der Waals surface area contributed by atoms with Gasteiger partial charge in [0.1, 0.15) is 0 Å². The van der Waals surface area contributed by atoms with Gasteiger partial charge in [-0.15, -0.1) is 11.8 Å². The van der Waals surface area contributed by atoms with Crippen LogP contribution in [0.4, 0.5) is 5.69 Å². The number of hydrogen-bond donors (Lipinski definition) is 1. The van der Waals surface area contributed by atoms with E-state index >= 15 is 0 Å². The number of amides is 1. The monoisotopic (exact) mass is 349 g/mol. The summed E-state index contributed by atoms with van der Waals surface area (Å²) in [6.07, 6.45) is 1.88. The predicted molar refractivity (Wildman–Crippen MR) is 93.3 cm³/mol. The summed E-state index contributed by atoms with van der Waals surface area (Å²) in [7, 11) is 0. The first-order chi connectivity index (χ1) is 11.0. The lowest BCUT2D eigenvalue weighted by atomic mass is 10.2. The van der Waals surface area contributed by atoms with Gasteiger partial charge in [0.2, 0.25) is 0 Å². The normalized spacial score (nSPS) is 10.2. The maximum Gasteiger partial charge on any atom is 0.339 e. The molecule has 0 fully saturated rings. The summed E-state index contributed by atoms with van der Waals surface area (Å²) in [5.74, 6) is -0.914. The average Bonchev–Trinajstić information content (AvgIpc) is 2.55. The van der Waals surface area contributed by atoms with Crippen LogP contribution in [0.15, 0.2) is 47.4 Å². The summed E-state index contributed by atoms with van der Waals surface area (Å²) in [6, 6.07) is 12.3. The molecular formula is C17H16ClNO3S. The van der Waals surface area contributed by atoms with Crippen molar-refractivity contribution >= 4 is 40.9 Å². The Bertz CT molecular complexity index is 734. The number of carbonyl (C=O) groups is 2. The zero-order chi connectivity index (χ0) is 16.8. The van der Waals surface area contributed by atoms with E-state index in [2.05, 4.69) is 5.32 Å². The molecular weight excluding hydrogens is 334 g/mol. The summed E-state index contributed by atoms with van der Waals surface area (Å²) in [5.41, 5.74) is 1.93. The van der Waals surface area contributed by atoms with Gasteiger partial charge in [-0.3, -0.25) is 4.79 Å². The van der Waals surface area contributed by atoms with Gasteiger partial charge in [0, 0.05) is 15.6 Å². The van der Waals surface area contributed by atoms with Crippen LogP contribution in [0.3, 0.4) is 0 Å². The molecule has 0 bridgehead atoms. The highest BCUT2D eigenvalue weighted by atomic mass is 35.5. The topological polar surface area (TPSA) is 55.4 Å². The number of halogens is 1. The Balaban J connectivity index is 1.95. The Morgan fingerprint density at radius 2 is 1.96 bits per heavy atom. The number of carbonyl (C=O) groups excluding carboxylic acids is 2. The summed E-state index contributed by atoms with van der Waals surface area (Å²) in [6.45, 7) is 1.49. The lowest BCUT2D eigenvalue weighted by molar-refractivity contribution is -0.119. The fraction of sp³-hybridized carbons (Fsp3) is 0.176. The smallest absolute Gasteiger partial charge is 0.339 e. The molecule has 0 saturated heterocycles. The van der Waals surface area contributed by atoms with E-state index in [1.807, 2.05) is 25.3 Å². The van der Waals surface area contributed by atoms with E-state index in [4.69, 9.17) is 16.3 Å². The molecule has 0 saturated carbocycles. The second-order valence-electron chi connectivity index (χ2n) is 4.78. The van der Waals surface area contributed by atoms with E-state index in [1.165, 1.54) is 11.8 Å². The van der Waals surface area contributed by atoms with Crippen LogP contribution in [-0.4, -0.2) is 24.7 Å². The average molecular weight is 350 g/mol. The van der Waals surface area contributed by atoms with Crippen molar-refractivity contribution in [2.45, 2.75) is 11.8 Å². The molecule has 23 heavy (non-hydrogen) atoms. The highest BCUT2D eigenvalue weighted by molar-refractivity contribution is 7.98. The number of rotatable bonds is 5. The number of benzene rings is 2. The number of anilines is 1. The molecule has 0 aliphatic rings. The van der Waals surface area contributed by atoms with Crippen LogP contribution in [0.5, 0.6) is 0 Å². The molecule has 0 unspecified atom stereocenters. The first kappa shape index (κ1) is 17.4. The Labute approximate surface area is 144 Å². The minimum atomic E-state index is -0.516. The van der Waals surface area contributed by atoms with Crippen molar-refractivity contribution in [3.8, 4) is 0 Å². The highest BCUT2D eigenvalue weighted by Crippen LogP contribution is 2.21. The molecule has 2 rings (SSSR count). The molecule has 120 valence electrons. The molecule has 0 radical (unpaired) electrons. The second-order valence-corrected chi connectivity index (χ2v) is 6.07. The molecule has 0 heterocycles. The van der Waals surface area contributed by atoms with Crippen molar-refractivity contribution in [2.24, 2.45) is 0 Å². The molecule has 6 heteroatoms. The summed E-state index contributed by atoms with van der Waals surface area (Å²) in [5, 5.41) is 3.29. The van der Waals surface area contributed by atoms with Crippen LogP contribution in [0, 0.1) is 6.92 Å². The maximum absolute atomic E-state index is 12.1. The zero-order valence-electron chi connectivity index (χ0n) is 12.8. The third-order valence-corrected chi connectivity index (χ3v) is 4.15.